The number of carbonyl (C=O) groups is 1. The third kappa shape index (κ3) is 3.55. The zero-order valence-electron chi connectivity index (χ0n) is 14.1. The highest BCUT2D eigenvalue weighted by atomic mass is 16.5. The van der Waals surface area contributed by atoms with E-state index < -0.39 is 0 Å². The third-order valence-electron chi connectivity index (χ3n) is 4.42. The lowest BCUT2D eigenvalue weighted by Crippen LogP contribution is -2.35. The molecular formula is C18H25N3O2. The number of aliphatic imine (C=N–C) groups is 1. The van der Waals surface area contributed by atoms with E-state index >= 15 is 0 Å². The molecule has 1 fully saturated rings. The van der Waals surface area contributed by atoms with Crippen LogP contribution in [0.1, 0.15) is 49.2 Å². The highest BCUT2D eigenvalue weighted by Gasteiger charge is 2.29. The van der Waals surface area contributed by atoms with Gasteiger partial charge in [0.25, 0.3) is 5.91 Å². The minimum atomic E-state index is -0.0918. The molecule has 1 aromatic rings. The second-order valence-corrected chi connectivity index (χ2v) is 6.50. The first-order valence-electron chi connectivity index (χ1n) is 8.40. The number of amides is 1. The number of ether oxygens (including phenoxy) is 1. The first kappa shape index (κ1) is 16.0. The Kier molecular flexibility index (Phi) is 4.66. The van der Waals surface area contributed by atoms with E-state index in [1.807, 2.05) is 6.92 Å². The van der Waals surface area contributed by atoms with Crippen LogP contribution in [0.15, 0.2) is 22.8 Å². The minimum absolute atomic E-state index is 0.0277. The summed E-state index contributed by atoms with van der Waals surface area (Å²) in [5.41, 5.74) is 4.99. The van der Waals surface area contributed by atoms with Crippen LogP contribution < -0.4 is 5.32 Å². The average Bonchev–Trinajstić information content (AvgIpc) is 3.31. The molecule has 0 bridgehead atoms. The number of nitrogens with zero attached hydrogens (tertiary/aromatic N) is 1. The maximum absolute atomic E-state index is 12.5. The molecule has 1 unspecified atom stereocenters. The van der Waals surface area contributed by atoms with Crippen LogP contribution in [0.3, 0.4) is 0 Å². The summed E-state index contributed by atoms with van der Waals surface area (Å²) < 4.78 is 5.08. The molecule has 2 heterocycles. The second kappa shape index (κ2) is 6.71. The summed E-state index contributed by atoms with van der Waals surface area (Å²) >= 11 is 0. The van der Waals surface area contributed by atoms with Gasteiger partial charge in [0.2, 0.25) is 0 Å². The van der Waals surface area contributed by atoms with Crippen LogP contribution in [0.25, 0.3) is 0 Å². The molecule has 0 aromatic carbocycles. The summed E-state index contributed by atoms with van der Waals surface area (Å²) in [5, 5.41) is 2.97. The number of fused-ring (bicyclic) bond motifs is 1. The lowest BCUT2D eigenvalue weighted by Gasteiger charge is -2.12. The van der Waals surface area contributed by atoms with Crippen molar-refractivity contribution in [1.82, 2.24) is 10.3 Å². The van der Waals surface area contributed by atoms with Crippen LogP contribution in [0.5, 0.6) is 0 Å². The molecule has 5 nitrogen and oxygen atoms in total. The van der Waals surface area contributed by atoms with E-state index in [1.54, 1.807) is 13.3 Å². The topological polar surface area (TPSA) is 66.5 Å². The van der Waals surface area contributed by atoms with Crippen molar-refractivity contribution in [3.05, 3.63) is 29.1 Å². The molecule has 1 aliphatic heterocycles. The standard InChI is InChI=1S/C18H25N3O2/c1-4-12-7-15(13-5-6-13)21-17-14(9-19-16(17)8-12)18(22)20-11(2)10-23-3/h7,9,11,13,19H,4-6,8,10H2,1-3H3,(H,20,22). The van der Waals surface area contributed by atoms with Gasteiger partial charge in [-0.15, -0.1) is 0 Å². The molecule has 1 aromatic heterocycles. The molecule has 2 aliphatic rings. The van der Waals surface area contributed by atoms with Gasteiger partial charge in [-0.1, -0.05) is 12.5 Å². The molecule has 0 spiro atoms. The Morgan fingerprint density at radius 1 is 1.52 bits per heavy atom. The maximum atomic E-state index is 12.5. The number of hydrogen-bond acceptors (Lipinski definition) is 3. The predicted octanol–water partition coefficient (Wildman–Crippen LogP) is 3.15. The van der Waals surface area contributed by atoms with Gasteiger partial charge in [-0.2, -0.15) is 0 Å². The highest BCUT2D eigenvalue weighted by molar-refractivity contribution is 6.05. The number of rotatable bonds is 6. The molecule has 1 atom stereocenters. The SMILES string of the molecule is CCC1=CC(C2CC2)=Nc2c(C(=O)NC(C)COC)c[nH]c2C1. The fourth-order valence-corrected chi connectivity index (χ4v) is 2.95. The summed E-state index contributed by atoms with van der Waals surface area (Å²) in [7, 11) is 1.63. The molecular weight excluding hydrogens is 290 g/mol. The van der Waals surface area contributed by atoms with E-state index in [1.165, 1.54) is 18.4 Å². The van der Waals surface area contributed by atoms with Crippen LogP contribution in [0.4, 0.5) is 5.69 Å². The first-order chi connectivity index (χ1) is 11.1. The average molecular weight is 315 g/mol. The summed E-state index contributed by atoms with van der Waals surface area (Å²) in [6.07, 6.45) is 8.28. The fourth-order valence-electron chi connectivity index (χ4n) is 2.95. The molecule has 23 heavy (non-hydrogen) atoms. The lowest BCUT2D eigenvalue weighted by atomic mass is 10.0. The van der Waals surface area contributed by atoms with Gasteiger partial charge in [0.05, 0.1) is 17.9 Å². The largest absolute Gasteiger partial charge is 0.383 e. The van der Waals surface area contributed by atoms with E-state index in [0.717, 1.165) is 29.9 Å². The quantitative estimate of drug-likeness (QED) is 0.847. The Balaban J connectivity index is 1.88. The van der Waals surface area contributed by atoms with Crippen LogP contribution >= 0.6 is 0 Å². The number of H-pyrrole nitrogens is 1. The Bertz CT molecular complexity index is 653. The summed E-state index contributed by atoms with van der Waals surface area (Å²) in [5.74, 6) is 0.478. The number of aromatic nitrogens is 1. The number of allylic oxidation sites excluding steroid dienone is 2. The van der Waals surface area contributed by atoms with Crippen molar-refractivity contribution >= 4 is 17.3 Å². The van der Waals surface area contributed by atoms with Crippen molar-refractivity contribution in [2.45, 2.75) is 45.6 Å². The molecule has 5 heteroatoms. The van der Waals surface area contributed by atoms with Gasteiger partial charge < -0.3 is 15.0 Å². The van der Waals surface area contributed by atoms with Crippen LogP contribution in [0.2, 0.25) is 0 Å². The second-order valence-electron chi connectivity index (χ2n) is 6.50. The van der Waals surface area contributed by atoms with Gasteiger partial charge in [0, 0.05) is 43.1 Å². The number of aromatic amines is 1. The van der Waals surface area contributed by atoms with E-state index in [2.05, 4.69) is 23.3 Å². The molecule has 0 saturated heterocycles. The summed E-state index contributed by atoms with van der Waals surface area (Å²) in [4.78, 5) is 20.7. The summed E-state index contributed by atoms with van der Waals surface area (Å²) in [6, 6.07) is -0.0277. The number of hydrogen-bond donors (Lipinski definition) is 2. The van der Waals surface area contributed by atoms with Crippen LogP contribution in [-0.2, 0) is 11.2 Å². The van der Waals surface area contributed by atoms with Crippen molar-refractivity contribution in [3.63, 3.8) is 0 Å². The Hall–Kier alpha value is -1.88. The monoisotopic (exact) mass is 315 g/mol. The summed E-state index contributed by atoms with van der Waals surface area (Å²) in [6.45, 7) is 4.60. The number of methoxy groups -OCH3 is 1. The lowest BCUT2D eigenvalue weighted by molar-refractivity contribution is 0.0906. The van der Waals surface area contributed by atoms with E-state index in [-0.39, 0.29) is 11.9 Å². The Morgan fingerprint density at radius 2 is 2.30 bits per heavy atom. The van der Waals surface area contributed by atoms with E-state index in [9.17, 15) is 4.79 Å². The molecule has 1 aliphatic carbocycles. The Morgan fingerprint density at radius 3 is 2.96 bits per heavy atom. The zero-order valence-corrected chi connectivity index (χ0v) is 14.1. The van der Waals surface area contributed by atoms with Crippen LogP contribution in [0, 0.1) is 5.92 Å². The third-order valence-corrected chi connectivity index (χ3v) is 4.42. The van der Waals surface area contributed by atoms with Crippen molar-refractivity contribution in [2.75, 3.05) is 13.7 Å². The molecule has 1 amide bonds. The van der Waals surface area contributed by atoms with E-state index in [0.29, 0.717) is 18.1 Å². The van der Waals surface area contributed by atoms with Crippen LogP contribution in [-0.4, -0.2) is 36.4 Å². The van der Waals surface area contributed by atoms with E-state index in [4.69, 9.17) is 9.73 Å². The minimum Gasteiger partial charge on any atom is -0.383 e. The maximum Gasteiger partial charge on any atom is 0.255 e. The van der Waals surface area contributed by atoms with Crippen molar-refractivity contribution in [2.24, 2.45) is 10.9 Å². The van der Waals surface area contributed by atoms with Crippen molar-refractivity contribution < 1.29 is 9.53 Å². The fraction of sp³-hybridized carbons (Fsp3) is 0.556. The molecule has 2 N–H and O–H groups in total. The highest BCUT2D eigenvalue weighted by Crippen LogP contribution is 2.37. The van der Waals surface area contributed by atoms with Crippen molar-refractivity contribution in [1.29, 1.82) is 0 Å². The smallest absolute Gasteiger partial charge is 0.255 e. The van der Waals surface area contributed by atoms with Gasteiger partial charge in [-0.25, -0.2) is 0 Å². The number of nitrogens with one attached hydrogen (secondary N) is 2. The molecule has 3 rings (SSSR count). The predicted molar refractivity (Wildman–Crippen MR) is 91.5 cm³/mol. The van der Waals surface area contributed by atoms with Gasteiger partial charge in [-0.05, 0) is 32.3 Å². The zero-order chi connectivity index (χ0) is 16.4. The number of carbonyl (C=O) groups excluding carboxylic acids is 1. The van der Waals surface area contributed by atoms with Gasteiger partial charge in [0.1, 0.15) is 0 Å². The Labute approximate surface area is 137 Å². The molecule has 0 radical (unpaired) electrons. The normalized spacial score (nSPS) is 18.6. The first-order valence-corrected chi connectivity index (χ1v) is 8.40. The molecule has 1 saturated carbocycles. The van der Waals surface area contributed by atoms with Gasteiger partial charge in [0.15, 0.2) is 0 Å². The van der Waals surface area contributed by atoms with Crippen molar-refractivity contribution in [3.8, 4) is 0 Å². The van der Waals surface area contributed by atoms with Gasteiger partial charge in [-0.3, -0.25) is 9.79 Å². The molecule has 124 valence electrons. The van der Waals surface area contributed by atoms with Gasteiger partial charge >= 0.3 is 0 Å².